The summed E-state index contributed by atoms with van der Waals surface area (Å²) in [6, 6.07) is 10.4. The van der Waals surface area contributed by atoms with Crippen molar-refractivity contribution in [2.75, 3.05) is 26.2 Å². The van der Waals surface area contributed by atoms with Crippen molar-refractivity contribution >= 4 is 10.9 Å². The fourth-order valence-corrected chi connectivity index (χ4v) is 5.91. The predicted molar refractivity (Wildman–Crippen MR) is 142 cm³/mol. The zero-order chi connectivity index (χ0) is 25.4. The van der Waals surface area contributed by atoms with Crippen LogP contribution >= 0.6 is 0 Å². The minimum Gasteiger partial charge on any atom is -0.322 e. The van der Waals surface area contributed by atoms with Gasteiger partial charge in [-0.05, 0) is 83.5 Å². The average molecular weight is 499 g/mol. The molecule has 4 heterocycles. The molecule has 37 heavy (non-hydrogen) atoms. The van der Waals surface area contributed by atoms with Crippen molar-refractivity contribution in [3.63, 3.8) is 0 Å². The van der Waals surface area contributed by atoms with E-state index in [1.165, 1.54) is 29.5 Å². The van der Waals surface area contributed by atoms with Gasteiger partial charge in [0.15, 0.2) is 5.82 Å². The quantitative estimate of drug-likeness (QED) is 0.434. The molecule has 1 aliphatic carbocycles. The van der Waals surface area contributed by atoms with Crippen LogP contribution in [0.15, 0.2) is 47.5 Å². The van der Waals surface area contributed by atoms with E-state index in [2.05, 4.69) is 73.4 Å². The summed E-state index contributed by atoms with van der Waals surface area (Å²) in [5, 5.41) is 14.1. The highest BCUT2D eigenvalue weighted by Crippen LogP contribution is 2.34. The van der Waals surface area contributed by atoms with Crippen LogP contribution in [0.1, 0.15) is 65.8 Å². The maximum absolute atomic E-state index is 13.6. The van der Waals surface area contributed by atoms with Gasteiger partial charge in [-0.2, -0.15) is 0 Å². The number of benzene rings is 1. The van der Waals surface area contributed by atoms with Crippen molar-refractivity contribution in [1.29, 1.82) is 0 Å². The van der Waals surface area contributed by atoms with E-state index in [9.17, 15) is 4.79 Å². The largest absolute Gasteiger partial charge is 0.322 e. The van der Waals surface area contributed by atoms with Crippen LogP contribution in [-0.2, 0) is 6.54 Å². The zero-order valence-corrected chi connectivity index (χ0v) is 21.6. The molecule has 1 aliphatic heterocycles. The molecule has 1 saturated heterocycles. The van der Waals surface area contributed by atoms with Gasteiger partial charge in [-0.3, -0.25) is 19.6 Å². The van der Waals surface area contributed by atoms with Crippen molar-refractivity contribution in [2.45, 2.75) is 58.2 Å². The molecule has 9 nitrogen and oxygen atoms in total. The van der Waals surface area contributed by atoms with Crippen molar-refractivity contribution in [1.82, 2.24) is 40.0 Å². The number of tetrazole rings is 1. The Kier molecular flexibility index (Phi) is 6.56. The van der Waals surface area contributed by atoms with Gasteiger partial charge in [-0.1, -0.05) is 18.9 Å². The summed E-state index contributed by atoms with van der Waals surface area (Å²) in [6.07, 6.45) is 8.29. The maximum Gasteiger partial charge on any atom is 0.253 e. The third-order valence-electron chi connectivity index (χ3n) is 8.12. The number of nitrogens with zero attached hydrogens (tertiary/aromatic N) is 7. The molecule has 1 atom stereocenters. The Balaban J connectivity index is 1.36. The summed E-state index contributed by atoms with van der Waals surface area (Å²) >= 11 is 0. The maximum atomic E-state index is 13.6. The van der Waals surface area contributed by atoms with Crippen molar-refractivity contribution in [3.8, 4) is 0 Å². The Morgan fingerprint density at radius 1 is 1.05 bits per heavy atom. The second kappa shape index (κ2) is 10.1. The standard InChI is InChI=1S/C28H34N8O/c1-19-14-22-16-24(28(37)30-25(22)15-20(19)2)26(27-31-32-33-36(27)23-7-3-4-8-23)35-12-10-34(11-13-35)18-21-6-5-9-29-17-21/h5-6,9,14-17,23,26H,3-4,7-8,10-13,18H2,1-2H3,(H,30,37)/t26-/m0/s1. The molecule has 2 aliphatic rings. The SMILES string of the molecule is Cc1cc2cc([C@@H](c3nnnn3C3CCCC3)N3CCN(Cc4cccnc4)CC3)c(=O)[nH]c2cc1C. The lowest BCUT2D eigenvalue weighted by atomic mass is 10.00. The number of H-pyrrole nitrogens is 1. The molecule has 1 saturated carbocycles. The number of aryl methyl sites for hydroxylation is 2. The summed E-state index contributed by atoms with van der Waals surface area (Å²) in [7, 11) is 0. The van der Waals surface area contributed by atoms with Gasteiger partial charge in [0.2, 0.25) is 0 Å². The average Bonchev–Trinajstić information content (AvgIpc) is 3.60. The Morgan fingerprint density at radius 2 is 1.84 bits per heavy atom. The third-order valence-corrected chi connectivity index (χ3v) is 8.12. The van der Waals surface area contributed by atoms with Gasteiger partial charge in [0, 0.05) is 56.2 Å². The number of aromatic nitrogens is 6. The monoisotopic (exact) mass is 498 g/mol. The van der Waals surface area contributed by atoms with Gasteiger partial charge in [-0.15, -0.1) is 5.10 Å². The molecular weight excluding hydrogens is 464 g/mol. The van der Waals surface area contributed by atoms with E-state index >= 15 is 0 Å². The van der Waals surface area contributed by atoms with Crippen molar-refractivity contribution in [2.24, 2.45) is 0 Å². The summed E-state index contributed by atoms with van der Waals surface area (Å²) in [4.78, 5) is 25.8. The van der Waals surface area contributed by atoms with E-state index in [0.717, 1.165) is 62.3 Å². The van der Waals surface area contributed by atoms with Crippen molar-refractivity contribution in [3.05, 3.63) is 81.2 Å². The number of hydrogen-bond acceptors (Lipinski definition) is 7. The van der Waals surface area contributed by atoms with Gasteiger partial charge in [0.1, 0.15) is 6.04 Å². The molecular formula is C28H34N8O. The number of pyridine rings is 2. The van der Waals surface area contributed by atoms with E-state index in [-0.39, 0.29) is 11.6 Å². The van der Waals surface area contributed by atoms with Crippen LogP contribution in [0.25, 0.3) is 10.9 Å². The summed E-state index contributed by atoms with van der Waals surface area (Å²) < 4.78 is 2.00. The molecule has 0 amide bonds. The van der Waals surface area contributed by atoms with E-state index < -0.39 is 0 Å². The first-order chi connectivity index (χ1) is 18.1. The van der Waals surface area contributed by atoms with E-state index in [0.29, 0.717) is 11.6 Å². The number of nitrogens with one attached hydrogen (secondary N) is 1. The summed E-state index contributed by atoms with van der Waals surface area (Å²) in [5.41, 5.74) is 5.11. The Morgan fingerprint density at radius 3 is 2.59 bits per heavy atom. The Bertz CT molecular complexity index is 1430. The highest BCUT2D eigenvalue weighted by Gasteiger charge is 2.34. The van der Waals surface area contributed by atoms with Crippen LogP contribution in [-0.4, -0.2) is 66.2 Å². The molecule has 192 valence electrons. The molecule has 1 N–H and O–H groups in total. The van der Waals surface area contributed by atoms with Crippen LogP contribution in [0.3, 0.4) is 0 Å². The first kappa shape index (κ1) is 23.9. The normalized spacial score (nSPS) is 18.5. The van der Waals surface area contributed by atoms with Gasteiger partial charge in [0.25, 0.3) is 5.56 Å². The molecule has 0 bridgehead atoms. The van der Waals surface area contributed by atoms with Gasteiger partial charge < -0.3 is 4.98 Å². The fraction of sp³-hybridized carbons (Fsp3) is 0.464. The minimum absolute atomic E-state index is 0.0699. The van der Waals surface area contributed by atoms with Crippen LogP contribution in [0.2, 0.25) is 0 Å². The summed E-state index contributed by atoms with van der Waals surface area (Å²) in [5.74, 6) is 0.779. The smallest absolute Gasteiger partial charge is 0.253 e. The van der Waals surface area contributed by atoms with E-state index in [4.69, 9.17) is 0 Å². The molecule has 9 heteroatoms. The number of fused-ring (bicyclic) bond motifs is 1. The number of hydrogen-bond donors (Lipinski definition) is 1. The molecule has 0 spiro atoms. The van der Waals surface area contributed by atoms with E-state index in [1.807, 2.05) is 23.1 Å². The number of aromatic amines is 1. The van der Waals surface area contributed by atoms with Gasteiger partial charge >= 0.3 is 0 Å². The highest BCUT2D eigenvalue weighted by molar-refractivity contribution is 5.81. The molecule has 1 aromatic carbocycles. The lowest BCUT2D eigenvalue weighted by Gasteiger charge is -2.38. The van der Waals surface area contributed by atoms with Crippen LogP contribution in [0, 0.1) is 13.8 Å². The van der Waals surface area contributed by atoms with Crippen molar-refractivity contribution < 1.29 is 0 Å². The lowest BCUT2D eigenvalue weighted by molar-refractivity contribution is 0.0988. The fourth-order valence-electron chi connectivity index (χ4n) is 5.91. The molecule has 6 rings (SSSR count). The highest BCUT2D eigenvalue weighted by atomic mass is 16.1. The molecule has 0 unspecified atom stereocenters. The molecule has 3 aromatic heterocycles. The summed E-state index contributed by atoms with van der Waals surface area (Å²) in [6.45, 7) is 8.52. The number of rotatable bonds is 6. The molecule has 4 aromatic rings. The second-order valence-electron chi connectivity index (χ2n) is 10.6. The topological polar surface area (TPSA) is 95.8 Å². The Hall–Kier alpha value is -3.43. The number of piperazine rings is 1. The second-order valence-corrected chi connectivity index (χ2v) is 10.6. The zero-order valence-electron chi connectivity index (χ0n) is 21.6. The lowest BCUT2D eigenvalue weighted by Crippen LogP contribution is -2.48. The van der Waals surface area contributed by atoms with Gasteiger partial charge in [0.05, 0.1) is 6.04 Å². The third kappa shape index (κ3) is 4.81. The van der Waals surface area contributed by atoms with Crippen LogP contribution in [0.4, 0.5) is 0 Å². The van der Waals surface area contributed by atoms with Gasteiger partial charge in [-0.25, -0.2) is 4.68 Å². The first-order valence-electron chi connectivity index (χ1n) is 13.3. The first-order valence-corrected chi connectivity index (χ1v) is 13.3. The van der Waals surface area contributed by atoms with Crippen LogP contribution < -0.4 is 5.56 Å². The van der Waals surface area contributed by atoms with E-state index in [1.54, 1.807) is 0 Å². The Labute approximate surface area is 216 Å². The molecule has 0 radical (unpaired) electrons. The minimum atomic E-state index is -0.300. The molecule has 2 fully saturated rings. The predicted octanol–water partition coefficient (Wildman–Crippen LogP) is 3.55. The van der Waals surface area contributed by atoms with Crippen LogP contribution in [0.5, 0.6) is 0 Å².